The van der Waals surface area contributed by atoms with E-state index in [1.54, 1.807) is 11.9 Å². The fourth-order valence-corrected chi connectivity index (χ4v) is 2.87. The van der Waals surface area contributed by atoms with Crippen LogP contribution in [0.2, 0.25) is 0 Å². The number of para-hydroxylation sites is 1. The Morgan fingerprint density at radius 2 is 2.15 bits per heavy atom. The lowest BCUT2D eigenvalue weighted by atomic mass is 10.1. The molecule has 0 fully saturated rings. The Labute approximate surface area is 160 Å². The number of ether oxygens (including phenoxy) is 1. The van der Waals surface area contributed by atoms with E-state index in [4.69, 9.17) is 10.5 Å². The molecule has 1 heterocycles. The van der Waals surface area contributed by atoms with Gasteiger partial charge in [-0.3, -0.25) is 4.99 Å². The highest BCUT2D eigenvalue weighted by molar-refractivity contribution is 6.03. The number of amides is 2. The van der Waals surface area contributed by atoms with Crippen molar-refractivity contribution in [2.75, 3.05) is 25.5 Å². The standard InChI is InChI=1S/C20H23N5O2.H2/c1-14-7-8-16(11-17(14)19(21)23-13-22-2)24-20(26)25-9-10-27-18-6-4-3-5-15(18)12-25;/h3-8,11,13H,9-10,12H2,1-2H3,(H,24,26)(H2,21,22,23);1H. The van der Waals surface area contributed by atoms with Gasteiger partial charge in [-0.2, -0.15) is 0 Å². The van der Waals surface area contributed by atoms with Crippen molar-refractivity contribution >= 4 is 23.9 Å². The second-order valence-electron chi connectivity index (χ2n) is 6.23. The molecule has 2 aromatic rings. The molecule has 0 spiro atoms. The van der Waals surface area contributed by atoms with E-state index in [-0.39, 0.29) is 7.46 Å². The van der Waals surface area contributed by atoms with Crippen LogP contribution in [-0.2, 0) is 6.54 Å². The van der Waals surface area contributed by atoms with E-state index >= 15 is 0 Å². The van der Waals surface area contributed by atoms with Gasteiger partial charge in [0.25, 0.3) is 0 Å². The Morgan fingerprint density at radius 3 is 2.96 bits per heavy atom. The van der Waals surface area contributed by atoms with Crippen LogP contribution in [0.4, 0.5) is 10.5 Å². The zero-order valence-corrected chi connectivity index (χ0v) is 15.5. The molecular weight excluding hydrogens is 342 g/mol. The molecule has 0 saturated heterocycles. The summed E-state index contributed by atoms with van der Waals surface area (Å²) in [5.41, 5.74) is 9.40. The number of nitrogens with zero attached hydrogens (tertiary/aromatic N) is 3. The number of amidine groups is 1. The van der Waals surface area contributed by atoms with Gasteiger partial charge in [-0.05, 0) is 30.7 Å². The summed E-state index contributed by atoms with van der Waals surface area (Å²) in [6.45, 7) is 3.40. The SMILES string of the molecule is CN=CN=C(N)c1cc(NC(=O)N2CCOc3ccccc3C2)ccc1C.[HH]. The normalized spacial score (nSPS) is 14.4. The van der Waals surface area contributed by atoms with Gasteiger partial charge in [0, 0.05) is 25.3 Å². The van der Waals surface area contributed by atoms with Crippen LogP contribution >= 0.6 is 0 Å². The first-order valence-electron chi connectivity index (χ1n) is 8.70. The first kappa shape index (κ1) is 18.4. The lowest BCUT2D eigenvalue weighted by Gasteiger charge is -2.21. The third-order valence-electron chi connectivity index (χ3n) is 4.32. The van der Waals surface area contributed by atoms with Crippen molar-refractivity contribution in [3.05, 3.63) is 59.2 Å². The maximum absolute atomic E-state index is 12.7. The molecule has 3 rings (SSSR count). The molecule has 0 radical (unpaired) electrons. The monoisotopic (exact) mass is 367 g/mol. The van der Waals surface area contributed by atoms with Crippen LogP contribution in [0.15, 0.2) is 52.4 Å². The van der Waals surface area contributed by atoms with Gasteiger partial charge in [-0.1, -0.05) is 24.3 Å². The molecule has 0 atom stereocenters. The Morgan fingerprint density at radius 1 is 1.33 bits per heavy atom. The summed E-state index contributed by atoms with van der Waals surface area (Å²) >= 11 is 0. The summed E-state index contributed by atoms with van der Waals surface area (Å²) in [5, 5.41) is 2.94. The third kappa shape index (κ3) is 4.44. The van der Waals surface area contributed by atoms with E-state index in [1.807, 2.05) is 49.4 Å². The zero-order chi connectivity index (χ0) is 19.2. The summed E-state index contributed by atoms with van der Waals surface area (Å²) in [7, 11) is 1.63. The van der Waals surface area contributed by atoms with Gasteiger partial charge in [0.2, 0.25) is 0 Å². The van der Waals surface area contributed by atoms with Gasteiger partial charge >= 0.3 is 6.03 Å². The van der Waals surface area contributed by atoms with Crippen molar-refractivity contribution in [2.45, 2.75) is 13.5 Å². The number of hydrogen-bond donors (Lipinski definition) is 2. The highest BCUT2D eigenvalue weighted by Gasteiger charge is 2.20. The lowest BCUT2D eigenvalue weighted by Crippen LogP contribution is -2.36. The fourth-order valence-electron chi connectivity index (χ4n) is 2.87. The number of aryl methyl sites for hydroxylation is 1. The molecule has 1 aliphatic rings. The summed E-state index contributed by atoms with van der Waals surface area (Å²) < 4.78 is 5.72. The number of nitrogens with one attached hydrogen (secondary N) is 1. The molecule has 2 amide bonds. The maximum atomic E-state index is 12.7. The maximum Gasteiger partial charge on any atom is 0.322 e. The van der Waals surface area contributed by atoms with E-state index in [9.17, 15) is 4.79 Å². The second kappa shape index (κ2) is 8.35. The van der Waals surface area contributed by atoms with E-state index < -0.39 is 0 Å². The van der Waals surface area contributed by atoms with Gasteiger partial charge in [0.1, 0.15) is 24.5 Å². The topological polar surface area (TPSA) is 92.3 Å². The van der Waals surface area contributed by atoms with Gasteiger partial charge in [-0.15, -0.1) is 0 Å². The van der Waals surface area contributed by atoms with Crippen LogP contribution in [0.5, 0.6) is 5.75 Å². The molecule has 3 N–H and O–H groups in total. The zero-order valence-electron chi connectivity index (χ0n) is 15.5. The fraction of sp³-hybridized carbons (Fsp3) is 0.250. The number of carbonyl (C=O) groups is 1. The second-order valence-corrected chi connectivity index (χ2v) is 6.23. The van der Waals surface area contributed by atoms with Crippen molar-refractivity contribution in [2.24, 2.45) is 15.7 Å². The van der Waals surface area contributed by atoms with Crippen LogP contribution in [0.3, 0.4) is 0 Å². The van der Waals surface area contributed by atoms with Crippen molar-refractivity contribution in [1.29, 1.82) is 0 Å². The number of anilines is 1. The Balaban J connectivity index is 0.00000280. The highest BCUT2D eigenvalue weighted by Crippen LogP contribution is 2.23. The summed E-state index contributed by atoms with van der Waals surface area (Å²) in [4.78, 5) is 22.4. The number of aliphatic imine (C=N–C) groups is 2. The Hall–Kier alpha value is -3.35. The predicted octanol–water partition coefficient (Wildman–Crippen LogP) is 3.03. The average Bonchev–Trinajstić information content (AvgIpc) is 2.90. The van der Waals surface area contributed by atoms with Gasteiger partial charge < -0.3 is 20.7 Å². The molecule has 0 unspecified atom stereocenters. The smallest absolute Gasteiger partial charge is 0.322 e. The molecule has 0 bridgehead atoms. The van der Waals surface area contributed by atoms with Gasteiger partial charge in [0.15, 0.2) is 0 Å². The number of fused-ring (bicyclic) bond motifs is 1. The molecule has 0 aliphatic carbocycles. The highest BCUT2D eigenvalue weighted by atomic mass is 16.5. The predicted molar refractivity (Wildman–Crippen MR) is 110 cm³/mol. The molecular formula is C20H25N5O2. The quantitative estimate of drug-likeness (QED) is 0.645. The lowest BCUT2D eigenvalue weighted by molar-refractivity contribution is 0.200. The van der Waals surface area contributed by atoms with Crippen LogP contribution in [0, 0.1) is 6.92 Å². The number of urea groups is 1. The van der Waals surface area contributed by atoms with Crippen molar-refractivity contribution in [3.8, 4) is 5.75 Å². The largest absolute Gasteiger partial charge is 0.491 e. The van der Waals surface area contributed by atoms with E-state index in [2.05, 4.69) is 15.3 Å². The molecule has 2 aromatic carbocycles. The number of nitrogens with two attached hydrogens (primary N) is 1. The molecule has 1 aliphatic heterocycles. The number of rotatable bonds is 3. The summed E-state index contributed by atoms with van der Waals surface area (Å²) in [5.74, 6) is 1.18. The average molecular weight is 367 g/mol. The molecule has 0 aromatic heterocycles. The van der Waals surface area contributed by atoms with Gasteiger partial charge in [-0.25, -0.2) is 9.79 Å². The van der Waals surface area contributed by atoms with Crippen LogP contribution in [0.25, 0.3) is 0 Å². The number of carbonyl (C=O) groups excluding carboxylic acids is 1. The molecule has 142 valence electrons. The molecule has 7 nitrogen and oxygen atoms in total. The Kier molecular flexibility index (Phi) is 5.71. The molecule has 27 heavy (non-hydrogen) atoms. The minimum absolute atomic E-state index is 0. The van der Waals surface area contributed by atoms with E-state index in [1.165, 1.54) is 6.34 Å². The van der Waals surface area contributed by atoms with Crippen molar-refractivity contribution < 1.29 is 11.0 Å². The van der Waals surface area contributed by atoms with Crippen molar-refractivity contribution in [3.63, 3.8) is 0 Å². The number of benzene rings is 2. The third-order valence-corrected chi connectivity index (χ3v) is 4.32. The summed E-state index contributed by atoms with van der Waals surface area (Å²) in [6, 6.07) is 13.1. The first-order chi connectivity index (χ1) is 13.1. The van der Waals surface area contributed by atoms with Gasteiger partial charge in [0.05, 0.1) is 13.1 Å². The molecule has 0 saturated carbocycles. The first-order valence-corrected chi connectivity index (χ1v) is 8.70. The van der Waals surface area contributed by atoms with Crippen LogP contribution < -0.4 is 15.8 Å². The molecule has 7 heteroatoms. The van der Waals surface area contributed by atoms with E-state index in [0.717, 1.165) is 22.4 Å². The van der Waals surface area contributed by atoms with Crippen LogP contribution in [-0.4, -0.2) is 43.3 Å². The minimum Gasteiger partial charge on any atom is -0.491 e. The Bertz CT molecular complexity index is 898. The van der Waals surface area contributed by atoms with E-state index in [0.29, 0.717) is 31.2 Å². The van der Waals surface area contributed by atoms with Crippen LogP contribution in [0.1, 0.15) is 18.1 Å². The minimum atomic E-state index is -0.185. The number of hydrogen-bond acceptors (Lipinski definition) is 3. The van der Waals surface area contributed by atoms with Crippen molar-refractivity contribution in [1.82, 2.24) is 4.90 Å². The summed E-state index contributed by atoms with van der Waals surface area (Å²) in [6.07, 6.45) is 1.40.